The highest BCUT2D eigenvalue weighted by Crippen LogP contribution is 2.26. The van der Waals surface area contributed by atoms with E-state index in [2.05, 4.69) is 33.2 Å². The first kappa shape index (κ1) is 50.2. The average molecular weight is 840 g/mol. The van der Waals surface area contributed by atoms with E-state index in [4.69, 9.17) is 9.47 Å². The molecule has 4 amide bonds. The van der Waals surface area contributed by atoms with Crippen LogP contribution in [0.3, 0.4) is 0 Å². The third kappa shape index (κ3) is 19.9. The maximum atomic E-state index is 13.6. The Morgan fingerprint density at radius 1 is 0.867 bits per heavy atom. The van der Waals surface area contributed by atoms with Gasteiger partial charge in [0, 0.05) is 19.5 Å². The zero-order valence-electron chi connectivity index (χ0n) is 37.1. The molecule has 3 rings (SSSR count). The van der Waals surface area contributed by atoms with Gasteiger partial charge in [-0.05, 0) is 70.9 Å². The number of aromatic hydroxyl groups is 1. The summed E-state index contributed by atoms with van der Waals surface area (Å²) in [5, 5.41) is 21.6. The molecule has 0 saturated carbocycles. The lowest BCUT2D eigenvalue weighted by molar-refractivity contribution is -0.154. The molecule has 13 heteroatoms. The van der Waals surface area contributed by atoms with Gasteiger partial charge in [-0.25, -0.2) is 9.79 Å². The fraction of sp³-hybridized carbons (Fsp3) is 0.745. The second-order valence-electron chi connectivity index (χ2n) is 17.1. The molecule has 0 aliphatic carbocycles. The van der Waals surface area contributed by atoms with Gasteiger partial charge in [0.25, 0.3) is 5.91 Å². The molecule has 4 unspecified atom stereocenters. The van der Waals surface area contributed by atoms with E-state index in [1.807, 2.05) is 0 Å². The summed E-state index contributed by atoms with van der Waals surface area (Å²) in [5.41, 5.74) is -1.02. The fourth-order valence-electron chi connectivity index (χ4n) is 7.68. The first-order valence-electron chi connectivity index (χ1n) is 23.4. The molecule has 2 aliphatic rings. The molecule has 0 aromatic heterocycles. The molecular formula is C47H77N5O8. The minimum Gasteiger partial charge on any atom is -0.507 e. The van der Waals surface area contributed by atoms with Crippen LogP contribution in [0.5, 0.6) is 5.75 Å². The lowest BCUT2D eigenvalue weighted by Gasteiger charge is -2.24. The van der Waals surface area contributed by atoms with E-state index < -0.39 is 41.5 Å². The second kappa shape index (κ2) is 29.2. The van der Waals surface area contributed by atoms with Crippen LogP contribution in [-0.2, 0) is 33.4 Å². The Morgan fingerprint density at radius 2 is 1.48 bits per heavy atom. The van der Waals surface area contributed by atoms with Crippen molar-refractivity contribution in [3.63, 3.8) is 0 Å². The maximum absolute atomic E-state index is 13.6. The number of hydrogen-bond acceptors (Lipinski definition) is 9. The number of unbranched alkanes of at least 4 members (excludes halogenated alkanes) is 17. The van der Waals surface area contributed by atoms with E-state index in [0.29, 0.717) is 44.3 Å². The molecule has 60 heavy (non-hydrogen) atoms. The summed E-state index contributed by atoms with van der Waals surface area (Å²) in [4.78, 5) is 69.2. The molecule has 2 heterocycles. The van der Waals surface area contributed by atoms with Crippen LogP contribution in [0, 0.1) is 0 Å². The number of phenols is 1. The number of nitrogens with one attached hydrogen (secondary N) is 4. The van der Waals surface area contributed by atoms with Gasteiger partial charge in [-0.2, -0.15) is 0 Å². The van der Waals surface area contributed by atoms with Crippen molar-refractivity contribution in [3.05, 3.63) is 29.8 Å². The number of benzene rings is 1. The Kier molecular flexibility index (Phi) is 24.4. The standard InChI is InChI=1S/C47H77N5O8/c1-4-5-6-7-8-9-10-11-12-13-14-15-16-17-18-19-20-31-41(54)48-32-25-24-29-39(45(57)60-36(2)34-42(55)50-38-28-23-26-33-49-43(38)56)51-46(58)47(3)35-59-44(52-47)37-27-21-22-30-40(37)53/h21-22,27,30,36,38-39,53H,4-20,23-26,28-29,31-35H2,1-3H3,(H,48,54)(H,49,56)(H,50,55)(H,51,58). The van der Waals surface area contributed by atoms with Gasteiger partial charge in [0.1, 0.15) is 30.5 Å². The minimum absolute atomic E-state index is 0.0148. The number of amides is 4. The van der Waals surface area contributed by atoms with E-state index >= 15 is 0 Å². The van der Waals surface area contributed by atoms with Gasteiger partial charge in [-0.1, -0.05) is 122 Å². The third-order valence-electron chi connectivity index (χ3n) is 11.5. The number of para-hydroxylation sites is 1. The van der Waals surface area contributed by atoms with Crippen molar-refractivity contribution in [2.75, 3.05) is 19.7 Å². The molecule has 5 N–H and O–H groups in total. The van der Waals surface area contributed by atoms with Crippen LogP contribution in [0.15, 0.2) is 29.3 Å². The van der Waals surface area contributed by atoms with Gasteiger partial charge in [0.2, 0.25) is 23.6 Å². The molecule has 338 valence electrons. The number of esters is 1. The van der Waals surface area contributed by atoms with E-state index in [-0.39, 0.29) is 42.9 Å². The zero-order valence-corrected chi connectivity index (χ0v) is 37.1. The number of rotatable bonds is 31. The van der Waals surface area contributed by atoms with Gasteiger partial charge in [0.15, 0.2) is 5.54 Å². The second-order valence-corrected chi connectivity index (χ2v) is 17.1. The normalized spacial score (nSPS) is 18.6. The van der Waals surface area contributed by atoms with Crippen molar-refractivity contribution in [2.45, 2.75) is 205 Å². The monoisotopic (exact) mass is 840 g/mol. The van der Waals surface area contributed by atoms with Crippen LogP contribution in [0.4, 0.5) is 0 Å². The summed E-state index contributed by atoms with van der Waals surface area (Å²) in [5.74, 6) is -1.79. The molecule has 0 spiro atoms. The summed E-state index contributed by atoms with van der Waals surface area (Å²) >= 11 is 0. The highest BCUT2D eigenvalue weighted by Gasteiger charge is 2.42. The Hall–Kier alpha value is -4.16. The molecule has 1 aromatic rings. The van der Waals surface area contributed by atoms with Crippen molar-refractivity contribution in [1.82, 2.24) is 21.3 Å². The Morgan fingerprint density at radius 3 is 2.12 bits per heavy atom. The van der Waals surface area contributed by atoms with Gasteiger partial charge in [-0.15, -0.1) is 0 Å². The number of ether oxygens (including phenoxy) is 2. The van der Waals surface area contributed by atoms with Crippen LogP contribution in [0.1, 0.15) is 187 Å². The van der Waals surface area contributed by atoms with Gasteiger partial charge in [0.05, 0.1) is 12.0 Å². The third-order valence-corrected chi connectivity index (χ3v) is 11.5. The number of nitrogens with zero attached hydrogens (tertiary/aromatic N) is 1. The van der Waals surface area contributed by atoms with E-state index in [9.17, 15) is 29.1 Å². The molecule has 2 aliphatic heterocycles. The largest absolute Gasteiger partial charge is 0.507 e. The van der Waals surface area contributed by atoms with Gasteiger partial charge < -0.3 is 35.8 Å². The average Bonchev–Trinajstić information content (AvgIpc) is 3.52. The fourth-order valence-corrected chi connectivity index (χ4v) is 7.68. The summed E-state index contributed by atoms with van der Waals surface area (Å²) < 4.78 is 11.4. The van der Waals surface area contributed by atoms with Crippen molar-refractivity contribution < 1.29 is 38.6 Å². The van der Waals surface area contributed by atoms with E-state index in [1.54, 1.807) is 32.0 Å². The lowest BCUT2D eigenvalue weighted by Crippen LogP contribution is -2.51. The van der Waals surface area contributed by atoms with Gasteiger partial charge in [-0.3, -0.25) is 19.2 Å². The van der Waals surface area contributed by atoms with Crippen molar-refractivity contribution in [1.29, 1.82) is 0 Å². The molecule has 1 saturated heterocycles. The molecule has 13 nitrogen and oxygen atoms in total. The number of phenolic OH excluding ortho intramolecular Hbond substituents is 1. The highest BCUT2D eigenvalue weighted by molar-refractivity contribution is 6.02. The Balaban J connectivity index is 1.36. The topological polar surface area (TPSA) is 185 Å². The molecule has 1 fully saturated rings. The van der Waals surface area contributed by atoms with Crippen molar-refractivity contribution in [2.24, 2.45) is 4.99 Å². The number of hydrogen-bond donors (Lipinski definition) is 5. The molecule has 4 atom stereocenters. The predicted molar refractivity (Wildman–Crippen MR) is 236 cm³/mol. The smallest absolute Gasteiger partial charge is 0.328 e. The number of carbonyl (C=O) groups is 5. The number of aliphatic imine (C=N–C) groups is 1. The van der Waals surface area contributed by atoms with Crippen LogP contribution in [0.25, 0.3) is 0 Å². The summed E-state index contributed by atoms with van der Waals surface area (Å²) in [7, 11) is 0. The highest BCUT2D eigenvalue weighted by atomic mass is 16.5. The minimum atomic E-state index is -1.37. The lowest BCUT2D eigenvalue weighted by atomic mass is 10.0. The summed E-state index contributed by atoms with van der Waals surface area (Å²) in [6.45, 7) is 6.37. The van der Waals surface area contributed by atoms with Crippen molar-refractivity contribution >= 4 is 35.5 Å². The summed E-state index contributed by atoms with van der Waals surface area (Å²) in [6, 6.07) is 4.84. The number of carbonyl (C=O) groups excluding carboxylic acids is 5. The van der Waals surface area contributed by atoms with E-state index in [0.717, 1.165) is 32.1 Å². The molecular weight excluding hydrogens is 763 g/mol. The molecule has 0 radical (unpaired) electrons. The molecule has 0 bridgehead atoms. The van der Waals surface area contributed by atoms with Crippen LogP contribution in [-0.4, -0.2) is 84.0 Å². The van der Waals surface area contributed by atoms with Crippen LogP contribution in [0.2, 0.25) is 0 Å². The quantitative estimate of drug-likeness (QED) is 0.0370. The van der Waals surface area contributed by atoms with Gasteiger partial charge >= 0.3 is 5.97 Å². The van der Waals surface area contributed by atoms with Crippen LogP contribution < -0.4 is 21.3 Å². The SMILES string of the molecule is CCCCCCCCCCCCCCCCCCCC(=O)NCCCCC(NC(=O)C1(C)COC(c2ccccc2O)=N1)C(=O)OC(C)CC(=O)NC1CCCCNC1=O. The Labute approximate surface area is 359 Å². The van der Waals surface area contributed by atoms with Crippen LogP contribution >= 0.6 is 0 Å². The maximum Gasteiger partial charge on any atom is 0.328 e. The molecule has 1 aromatic carbocycles. The first-order chi connectivity index (χ1) is 29.0. The van der Waals surface area contributed by atoms with E-state index in [1.165, 1.54) is 96.0 Å². The van der Waals surface area contributed by atoms with Crippen molar-refractivity contribution in [3.8, 4) is 5.75 Å². The predicted octanol–water partition coefficient (Wildman–Crippen LogP) is 7.85. The zero-order chi connectivity index (χ0) is 43.4. The first-order valence-corrected chi connectivity index (χ1v) is 23.4. The summed E-state index contributed by atoms with van der Waals surface area (Å²) in [6.07, 6.45) is 25.0. The Bertz CT molecular complexity index is 1490.